The molecule has 0 saturated carbocycles. The minimum atomic E-state index is -0.428. The topological polar surface area (TPSA) is 80.8 Å². The Morgan fingerprint density at radius 2 is 1.93 bits per heavy atom. The molecule has 1 fully saturated rings. The van der Waals surface area contributed by atoms with Gasteiger partial charge in [-0.25, -0.2) is 0 Å². The summed E-state index contributed by atoms with van der Waals surface area (Å²) in [4.78, 5) is 31.4. The number of pyridine rings is 1. The van der Waals surface area contributed by atoms with Crippen molar-refractivity contribution in [3.8, 4) is 11.5 Å². The fraction of sp³-hybridized carbons (Fsp3) is 0.227. The molecular formula is C22H19N3O4. The van der Waals surface area contributed by atoms with Crippen molar-refractivity contribution in [1.29, 1.82) is 0 Å². The fourth-order valence-corrected chi connectivity index (χ4v) is 3.78. The number of nitrogens with zero attached hydrogens (tertiary/aromatic N) is 2. The molecule has 2 aliphatic rings. The number of fused-ring (bicyclic) bond motifs is 2. The van der Waals surface area contributed by atoms with Gasteiger partial charge in [0.05, 0.1) is 17.1 Å². The van der Waals surface area contributed by atoms with Gasteiger partial charge in [-0.15, -0.1) is 0 Å². The third-order valence-electron chi connectivity index (χ3n) is 5.24. The summed E-state index contributed by atoms with van der Waals surface area (Å²) in [6.07, 6.45) is 1.89. The number of hydrogen-bond acceptors (Lipinski definition) is 5. The summed E-state index contributed by atoms with van der Waals surface area (Å²) in [7, 11) is 0. The van der Waals surface area contributed by atoms with E-state index in [9.17, 15) is 9.59 Å². The first-order chi connectivity index (χ1) is 14.2. The van der Waals surface area contributed by atoms with Gasteiger partial charge in [0.2, 0.25) is 11.8 Å². The molecule has 0 bridgehead atoms. The first-order valence-corrected chi connectivity index (χ1v) is 9.54. The van der Waals surface area contributed by atoms with E-state index in [1.165, 1.54) is 0 Å². The Kier molecular flexibility index (Phi) is 4.27. The number of anilines is 2. The lowest BCUT2D eigenvalue weighted by Gasteiger charge is -2.22. The Labute approximate surface area is 167 Å². The van der Waals surface area contributed by atoms with E-state index >= 15 is 0 Å². The number of rotatable bonds is 3. The number of carbonyl (C=O) groups excluding carboxylic acids is 2. The van der Waals surface area contributed by atoms with E-state index in [0.29, 0.717) is 42.6 Å². The van der Waals surface area contributed by atoms with Crippen molar-refractivity contribution in [3.63, 3.8) is 0 Å². The second-order valence-corrected chi connectivity index (χ2v) is 7.10. The quantitative estimate of drug-likeness (QED) is 0.745. The highest BCUT2D eigenvalue weighted by Crippen LogP contribution is 2.36. The molecular weight excluding hydrogens is 370 g/mol. The molecule has 0 aliphatic carbocycles. The van der Waals surface area contributed by atoms with E-state index < -0.39 is 5.92 Å². The first-order valence-electron chi connectivity index (χ1n) is 9.54. The predicted molar refractivity (Wildman–Crippen MR) is 108 cm³/mol. The highest BCUT2D eigenvalue weighted by atomic mass is 16.6. The van der Waals surface area contributed by atoms with Crippen molar-refractivity contribution >= 4 is 34.1 Å². The van der Waals surface area contributed by atoms with Gasteiger partial charge in [0.1, 0.15) is 13.2 Å². The Balaban J connectivity index is 1.34. The maximum Gasteiger partial charge on any atom is 0.229 e. The lowest BCUT2D eigenvalue weighted by Crippen LogP contribution is -2.28. The molecule has 2 aromatic carbocycles. The van der Waals surface area contributed by atoms with Gasteiger partial charge < -0.3 is 19.7 Å². The van der Waals surface area contributed by atoms with Crippen LogP contribution in [0.4, 0.5) is 11.4 Å². The average Bonchev–Trinajstić information content (AvgIpc) is 3.15. The van der Waals surface area contributed by atoms with Crippen LogP contribution >= 0.6 is 0 Å². The van der Waals surface area contributed by atoms with Crippen molar-refractivity contribution in [2.45, 2.75) is 6.42 Å². The van der Waals surface area contributed by atoms with Crippen LogP contribution in [0.15, 0.2) is 54.7 Å². The van der Waals surface area contributed by atoms with Gasteiger partial charge in [0.25, 0.3) is 0 Å². The highest BCUT2D eigenvalue weighted by Gasteiger charge is 2.35. The summed E-state index contributed by atoms with van der Waals surface area (Å²) in [5.74, 6) is 0.613. The lowest BCUT2D eigenvalue weighted by atomic mass is 10.1. The molecule has 2 aliphatic heterocycles. The number of benzene rings is 2. The smallest absolute Gasteiger partial charge is 0.229 e. The van der Waals surface area contributed by atoms with Crippen LogP contribution in [-0.4, -0.2) is 36.6 Å². The van der Waals surface area contributed by atoms with Gasteiger partial charge >= 0.3 is 0 Å². The third kappa shape index (κ3) is 3.24. The molecule has 7 heteroatoms. The van der Waals surface area contributed by atoms with Gasteiger partial charge in [0, 0.05) is 36.3 Å². The Morgan fingerprint density at radius 1 is 1.07 bits per heavy atom. The predicted octanol–water partition coefficient (Wildman–Crippen LogP) is 3.00. The van der Waals surface area contributed by atoms with Crippen molar-refractivity contribution in [2.24, 2.45) is 5.92 Å². The fourth-order valence-electron chi connectivity index (χ4n) is 3.78. The Bertz CT molecular complexity index is 1110. The average molecular weight is 389 g/mol. The monoisotopic (exact) mass is 389 g/mol. The third-order valence-corrected chi connectivity index (χ3v) is 5.24. The molecule has 0 radical (unpaired) electrons. The molecule has 146 valence electrons. The van der Waals surface area contributed by atoms with E-state index in [4.69, 9.17) is 9.47 Å². The first kappa shape index (κ1) is 17.5. The second-order valence-electron chi connectivity index (χ2n) is 7.10. The van der Waals surface area contributed by atoms with E-state index in [0.717, 1.165) is 10.9 Å². The largest absolute Gasteiger partial charge is 0.486 e. The van der Waals surface area contributed by atoms with Crippen LogP contribution in [0.2, 0.25) is 0 Å². The highest BCUT2D eigenvalue weighted by molar-refractivity contribution is 6.06. The molecule has 7 nitrogen and oxygen atoms in total. The summed E-state index contributed by atoms with van der Waals surface area (Å²) in [5.41, 5.74) is 2.22. The number of ether oxygens (including phenoxy) is 2. The summed E-state index contributed by atoms with van der Waals surface area (Å²) in [6.45, 7) is 1.32. The summed E-state index contributed by atoms with van der Waals surface area (Å²) < 4.78 is 11.1. The van der Waals surface area contributed by atoms with E-state index in [1.54, 1.807) is 23.2 Å². The molecule has 2 amide bonds. The van der Waals surface area contributed by atoms with Gasteiger partial charge in [-0.05, 0) is 36.4 Å². The van der Waals surface area contributed by atoms with Crippen LogP contribution in [0.25, 0.3) is 10.9 Å². The van der Waals surface area contributed by atoms with Gasteiger partial charge in [0.15, 0.2) is 11.5 Å². The minimum absolute atomic E-state index is 0.0820. The van der Waals surface area contributed by atoms with Crippen molar-refractivity contribution in [2.75, 3.05) is 30.0 Å². The zero-order valence-electron chi connectivity index (χ0n) is 15.6. The lowest BCUT2D eigenvalue weighted by molar-refractivity contribution is -0.122. The molecule has 3 heterocycles. The van der Waals surface area contributed by atoms with Gasteiger partial charge in [-0.2, -0.15) is 0 Å². The summed E-state index contributed by atoms with van der Waals surface area (Å²) >= 11 is 0. The Morgan fingerprint density at radius 3 is 2.83 bits per heavy atom. The second kappa shape index (κ2) is 7.09. The molecule has 1 N–H and O–H groups in total. The summed E-state index contributed by atoms with van der Waals surface area (Å²) in [5, 5.41) is 3.84. The zero-order valence-corrected chi connectivity index (χ0v) is 15.6. The van der Waals surface area contributed by atoms with Crippen LogP contribution in [-0.2, 0) is 9.59 Å². The molecule has 5 rings (SSSR count). The summed E-state index contributed by atoms with van der Waals surface area (Å²) in [6, 6.07) is 14.8. The van der Waals surface area contributed by atoms with Crippen LogP contribution in [0.5, 0.6) is 11.5 Å². The number of carbonyl (C=O) groups is 2. The van der Waals surface area contributed by atoms with Crippen LogP contribution in [0.3, 0.4) is 0 Å². The normalized spacial score (nSPS) is 18.1. The molecule has 1 saturated heterocycles. The standard InChI is InChI=1S/C22H19N3O4/c26-21-11-14(13-25(21)15-6-7-19-20(12-15)29-10-9-28-19)22(27)24-18-5-1-4-17-16(18)3-2-8-23-17/h1-8,12,14H,9-11,13H2,(H,24,27). The van der Waals surface area contributed by atoms with Gasteiger partial charge in [-0.1, -0.05) is 6.07 Å². The molecule has 1 aromatic heterocycles. The van der Waals surface area contributed by atoms with Crippen molar-refractivity contribution in [3.05, 3.63) is 54.7 Å². The molecule has 1 unspecified atom stereocenters. The van der Waals surface area contributed by atoms with Crippen molar-refractivity contribution in [1.82, 2.24) is 4.98 Å². The van der Waals surface area contributed by atoms with Crippen LogP contribution in [0, 0.1) is 5.92 Å². The van der Waals surface area contributed by atoms with E-state index in [-0.39, 0.29) is 18.2 Å². The minimum Gasteiger partial charge on any atom is -0.486 e. The molecule has 3 aromatic rings. The SMILES string of the molecule is O=C(Nc1cccc2ncccc12)C1CC(=O)N(c2ccc3c(c2)OCCO3)C1. The number of aromatic nitrogens is 1. The van der Waals surface area contributed by atoms with E-state index in [1.807, 2.05) is 36.4 Å². The number of nitrogens with one attached hydrogen (secondary N) is 1. The molecule has 0 spiro atoms. The molecule has 1 atom stereocenters. The molecule has 29 heavy (non-hydrogen) atoms. The maximum atomic E-state index is 12.9. The number of hydrogen-bond donors (Lipinski definition) is 1. The number of amides is 2. The van der Waals surface area contributed by atoms with E-state index in [2.05, 4.69) is 10.3 Å². The van der Waals surface area contributed by atoms with Crippen LogP contribution in [0.1, 0.15) is 6.42 Å². The zero-order chi connectivity index (χ0) is 19.8. The maximum absolute atomic E-state index is 12.9. The van der Waals surface area contributed by atoms with Crippen molar-refractivity contribution < 1.29 is 19.1 Å². The van der Waals surface area contributed by atoms with Crippen LogP contribution < -0.4 is 19.7 Å². The Hall–Kier alpha value is -3.61. The van der Waals surface area contributed by atoms with Gasteiger partial charge in [-0.3, -0.25) is 14.6 Å².